The fourth-order valence-electron chi connectivity index (χ4n) is 2.44. The Balaban J connectivity index is 2.18. The molecule has 2 rings (SSSR count). The number of hydrogen-bond acceptors (Lipinski definition) is 3. The third-order valence-electron chi connectivity index (χ3n) is 3.50. The normalized spacial score (nSPS) is 15.8. The number of carbonyl (C=O) groups is 1. The van der Waals surface area contributed by atoms with Crippen molar-refractivity contribution in [3.05, 3.63) is 29.6 Å². The number of likely N-dealkylation sites (tertiary alicyclic amines) is 1. The van der Waals surface area contributed by atoms with Crippen LogP contribution in [-0.2, 0) is 0 Å². The molecular weight excluding hydrogens is 252 g/mol. The van der Waals surface area contributed by atoms with Gasteiger partial charge in [0.15, 0.2) is 0 Å². The van der Waals surface area contributed by atoms with E-state index in [0.717, 1.165) is 25.9 Å². The zero-order chi connectivity index (χ0) is 14.2. The van der Waals surface area contributed by atoms with E-state index in [4.69, 9.17) is 5.11 Å². The number of aliphatic hydroxyl groups excluding tert-OH is 1. The highest BCUT2D eigenvalue weighted by atomic mass is 16.2. The first kappa shape index (κ1) is 14.5. The lowest BCUT2D eigenvalue weighted by Gasteiger charge is -2.25. The number of nitrogens with zero attached hydrogens (tertiary/aromatic N) is 2. The third-order valence-corrected chi connectivity index (χ3v) is 3.50. The monoisotopic (exact) mass is 272 g/mol. The number of amides is 1. The molecule has 0 atom stereocenters. The average molecular weight is 272 g/mol. The molecule has 4 heteroatoms. The van der Waals surface area contributed by atoms with Gasteiger partial charge in [-0.25, -0.2) is 0 Å². The maximum absolute atomic E-state index is 12.6. The summed E-state index contributed by atoms with van der Waals surface area (Å²) in [6.07, 6.45) is 8.98. The summed E-state index contributed by atoms with van der Waals surface area (Å²) in [5, 5.41) is 8.78. The van der Waals surface area contributed by atoms with E-state index in [1.54, 1.807) is 18.5 Å². The molecule has 1 aromatic rings. The van der Waals surface area contributed by atoms with Gasteiger partial charge in [-0.3, -0.25) is 9.78 Å². The predicted molar refractivity (Wildman–Crippen MR) is 77.2 cm³/mol. The Kier molecular flexibility index (Phi) is 5.57. The Labute approximate surface area is 119 Å². The maximum atomic E-state index is 12.6. The summed E-state index contributed by atoms with van der Waals surface area (Å²) >= 11 is 0. The Morgan fingerprint density at radius 3 is 2.65 bits per heavy atom. The Hall–Kier alpha value is -1.86. The van der Waals surface area contributed by atoms with Gasteiger partial charge in [0.1, 0.15) is 6.61 Å². The lowest BCUT2D eigenvalue weighted by Crippen LogP contribution is -2.34. The summed E-state index contributed by atoms with van der Waals surface area (Å²) in [6, 6.07) is 1.71. The largest absolute Gasteiger partial charge is 0.384 e. The van der Waals surface area contributed by atoms with Crippen LogP contribution in [0.2, 0.25) is 0 Å². The molecule has 0 saturated carbocycles. The average Bonchev–Trinajstić information content (AvgIpc) is 2.44. The lowest BCUT2D eigenvalue weighted by molar-refractivity contribution is 0.0742. The van der Waals surface area contributed by atoms with Crippen molar-refractivity contribution in [1.29, 1.82) is 0 Å². The van der Waals surface area contributed by atoms with Crippen LogP contribution in [0.4, 0.5) is 0 Å². The molecular formula is C16H20N2O2. The number of pyridine rings is 1. The summed E-state index contributed by atoms with van der Waals surface area (Å²) < 4.78 is 0. The van der Waals surface area contributed by atoms with Crippen molar-refractivity contribution in [2.45, 2.75) is 32.1 Å². The van der Waals surface area contributed by atoms with Crippen molar-refractivity contribution >= 4 is 5.91 Å². The van der Waals surface area contributed by atoms with Crippen LogP contribution in [0.1, 0.15) is 48.0 Å². The fraction of sp³-hybridized carbons (Fsp3) is 0.500. The van der Waals surface area contributed by atoms with Crippen LogP contribution in [0.5, 0.6) is 0 Å². The van der Waals surface area contributed by atoms with Crippen molar-refractivity contribution in [2.75, 3.05) is 19.7 Å². The molecule has 0 aromatic carbocycles. The second kappa shape index (κ2) is 7.66. The lowest BCUT2D eigenvalue weighted by atomic mass is 10.1. The van der Waals surface area contributed by atoms with Crippen LogP contribution in [0.3, 0.4) is 0 Å². The van der Waals surface area contributed by atoms with E-state index in [1.807, 2.05) is 4.90 Å². The van der Waals surface area contributed by atoms with Gasteiger partial charge in [0.05, 0.1) is 11.1 Å². The Bertz CT molecular complexity index is 509. The van der Waals surface area contributed by atoms with Crippen molar-refractivity contribution < 1.29 is 9.90 Å². The smallest absolute Gasteiger partial charge is 0.255 e. The molecule has 0 radical (unpaired) electrons. The molecule has 4 nitrogen and oxygen atoms in total. The molecule has 1 N–H and O–H groups in total. The van der Waals surface area contributed by atoms with E-state index in [-0.39, 0.29) is 12.5 Å². The van der Waals surface area contributed by atoms with Gasteiger partial charge in [-0.15, -0.1) is 0 Å². The summed E-state index contributed by atoms with van der Waals surface area (Å²) in [5.74, 6) is 5.41. The van der Waals surface area contributed by atoms with Crippen LogP contribution in [0.15, 0.2) is 18.5 Å². The number of aromatic nitrogens is 1. The molecule has 106 valence electrons. The molecule has 1 saturated heterocycles. The third kappa shape index (κ3) is 3.82. The van der Waals surface area contributed by atoms with E-state index in [2.05, 4.69) is 16.8 Å². The standard InChI is InChI=1S/C16H20N2O2/c19-12-6-7-14-13-17-9-8-15(14)16(20)18-10-4-2-1-3-5-11-18/h8-9,13,19H,1-5,10-12H2. The number of rotatable bonds is 1. The first-order chi connectivity index (χ1) is 9.83. The van der Waals surface area contributed by atoms with Crippen molar-refractivity contribution in [1.82, 2.24) is 9.88 Å². The summed E-state index contributed by atoms with van der Waals surface area (Å²) in [7, 11) is 0. The summed E-state index contributed by atoms with van der Waals surface area (Å²) in [6.45, 7) is 1.41. The quantitative estimate of drug-likeness (QED) is 0.794. The van der Waals surface area contributed by atoms with Gasteiger partial charge >= 0.3 is 0 Å². The number of hydrogen-bond donors (Lipinski definition) is 1. The van der Waals surface area contributed by atoms with Crippen LogP contribution in [0, 0.1) is 11.8 Å². The SMILES string of the molecule is O=C(c1ccncc1C#CCO)N1CCCCCCC1. The second-order valence-corrected chi connectivity index (χ2v) is 4.94. The minimum atomic E-state index is -0.216. The van der Waals surface area contributed by atoms with Crippen LogP contribution < -0.4 is 0 Å². The van der Waals surface area contributed by atoms with E-state index in [1.165, 1.54) is 19.3 Å². The zero-order valence-corrected chi connectivity index (χ0v) is 11.6. The summed E-state index contributed by atoms with van der Waals surface area (Å²) in [5.41, 5.74) is 1.18. The van der Waals surface area contributed by atoms with Gasteiger partial charge in [0.25, 0.3) is 5.91 Å². The van der Waals surface area contributed by atoms with Gasteiger partial charge in [0, 0.05) is 25.5 Å². The summed E-state index contributed by atoms with van der Waals surface area (Å²) in [4.78, 5) is 18.5. The minimum absolute atomic E-state index is 0.0246. The van der Waals surface area contributed by atoms with Crippen LogP contribution in [0.25, 0.3) is 0 Å². The highest BCUT2D eigenvalue weighted by Crippen LogP contribution is 2.15. The van der Waals surface area contributed by atoms with E-state index < -0.39 is 0 Å². The first-order valence-corrected chi connectivity index (χ1v) is 7.16. The first-order valence-electron chi connectivity index (χ1n) is 7.16. The maximum Gasteiger partial charge on any atom is 0.255 e. The van der Waals surface area contributed by atoms with Crippen LogP contribution >= 0.6 is 0 Å². The molecule has 1 fully saturated rings. The highest BCUT2D eigenvalue weighted by Gasteiger charge is 2.18. The predicted octanol–water partition coefficient (Wildman–Crippen LogP) is 1.83. The molecule has 1 amide bonds. The Morgan fingerprint density at radius 2 is 1.95 bits per heavy atom. The van der Waals surface area contributed by atoms with Gasteiger partial charge in [0.2, 0.25) is 0 Å². The van der Waals surface area contributed by atoms with Crippen molar-refractivity contribution in [3.63, 3.8) is 0 Å². The second-order valence-electron chi connectivity index (χ2n) is 4.94. The molecule has 2 heterocycles. The molecule has 1 aliphatic heterocycles. The molecule has 0 aliphatic carbocycles. The van der Waals surface area contributed by atoms with Gasteiger partial charge in [-0.05, 0) is 18.9 Å². The van der Waals surface area contributed by atoms with E-state index in [0.29, 0.717) is 11.1 Å². The minimum Gasteiger partial charge on any atom is -0.384 e. The zero-order valence-electron chi connectivity index (χ0n) is 11.6. The van der Waals surface area contributed by atoms with Gasteiger partial charge in [-0.1, -0.05) is 31.1 Å². The van der Waals surface area contributed by atoms with E-state index in [9.17, 15) is 4.79 Å². The molecule has 0 unspecified atom stereocenters. The van der Waals surface area contributed by atoms with E-state index >= 15 is 0 Å². The number of aliphatic hydroxyl groups is 1. The van der Waals surface area contributed by atoms with Crippen molar-refractivity contribution in [3.8, 4) is 11.8 Å². The van der Waals surface area contributed by atoms with Crippen LogP contribution in [-0.4, -0.2) is 40.6 Å². The molecule has 0 bridgehead atoms. The topological polar surface area (TPSA) is 53.4 Å². The van der Waals surface area contributed by atoms with Crippen molar-refractivity contribution in [2.24, 2.45) is 0 Å². The van der Waals surface area contributed by atoms with Gasteiger partial charge < -0.3 is 10.0 Å². The number of carbonyl (C=O) groups excluding carboxylic acids is 1. The molecule has 1 aliphatic rings. The molecule has 20 heavy (non-hydrogen) atoms. The Morgan fingerprint density at radius 1 is 1.25 bits per heavy atom. The van der Waals surface area contributed by atoms with Gasteiger partial charge in [-0.2, -0.15) is 0 Å². The molecule has 1 aromatic heterocycles. The fourth-order valence-corrected chi connectivity index (χ4v) is 2.44. The molecule has 0 spiro atoms. The highest BCUT2D eigenvalue weighted by molar-refractivity contribution is 5.96.